The molecule has 5 rings (SSSR count). The molecule has 0 spiro atoms. The van der Waals surface area contributed by atoms with Crippen LogP contribution in [-0.2, 0) is 24.2 Å². The van der Waals surface area contributed by atoms with E-state index in [1.165, 1.54) is 30.0 Å². The molecular formula is C34H37Cl2NO6S3. The standard InChI is InChI=1S/C22H19ClO4S2.C12H18ClNO2S/c1-29(26,27)16-9-10-17(18(23)12-16)21(25)19-20(24)13-7-8-14(11-13)22(19)28-15-5-3-2-4-6-15;1-8-7-17-10(3)12(8)14(11(15)5-13)9(2)6-16-4/h2-6,9-10,12-14H,7-8,11H2,1H3;7,9H,5-6H2,1-4H3. The zero-order chi connectivity index (χ0) is 33.8. The Morgan fingerprint density at radius 1 is 1.11 bits per heavy atom. The summed E-state index contributed by atoms with van der Waals surface area (Å²) in [4.78, 5) is 43.2. The highest BCUT2D eigenvalue weighted by molar-refractivity contribution is 8.03. The number of hydrogen-bond acceptors (Lipinski definition) is 8. The van der Waals surface area contributed by atoms with E-state index < -0.39 is 15.6 Å². The summed E-state index contributed by atoms with van der Waals surface area (Å²) in [6.07, 6.45) is 3.55. The lowest BCUT2D eigenvalue weighted by Gasteiger charge is -2.29. The number of benzene rings is 2. The van der Waals surface area contributed by atoms with Crippen molar-refractivity contribution in [2.24, 2.45) is 11.8 Å². The van der Waals surface area contributed by atoms with Crippen LogP contribution in [0.25, 0.3) is 0 Å². The van der Waals surface area contributed by atoms with Crippen LogP contribution in [0.2, 0.25) is 5.02 Å². The van der Waals surface area contributed by atoms with Gasteiger partial charge in [0.25, 0.3) is 0 Å². The second kappa shape index (κ2) is 15.6. The minimum Gasteiger partial charge on any atom is -0.383 e. The van der Waals surface area contributed by atoms with Crippen molar-refractivity contribution >= 4 is 79.3 Å². The number of halogens is 2. The van der Waals surface area contributed by atoms with Crippen LogP contribution in [0.15, 0.2) is 74.2 Å². The largest absolute Gasteiger partial charge is 0.383 e. The third kappa shape index (κ3) is 8.14. The second-order valence-corrected chi connectivity index (χ2v) is 16.4. The molecule has 0 aliphatic heterocycles. The van der Waals surface area contributed by atoms with Gasteiger partial charge in [-0.25, -0.2) is 8.42 Å². The maximum atomic E-state index is 13.4. The number of thiophene rings is 1. The minimum absolute atomic E-state index is 0.0111. The van der Waals surface area contributed by atoms with Crippen molar-refractivity contribution in [3.63, 3.8) is 0 Å². The van der Waals surface area contributed by atoms with Gasteiger partial charge in [-0.2, -0.15) is 0 Å². The number of alkyl halides is 1. The lowest BCUT2D eigenvalue weighted by Crippen LogP contribution is -2.42. The number of anilines is 1. The number of ketones is 2. The lowest BCUT2D eigenvalue weighted by atomic mass is 9.84. The Bertz CT molecular complexity index is 1730. The van der Waals surface area contributed by atoms with Crippen molar-refractivity contribution in [3.05, 3.63) is 85.4 Å². The van der Waals surface area contributed by atoms with Crippen LogP contribution in [0, 0.1) is 25.7 Å². The molecule has 1 fully saturated rings. The van der Waals surface area contributed by atoms with Crippen LogP contribution in [0.5, 0.6) is 0 Å². The van der Waals surface area contributed by atoms with E-state index in [2.05, 4.69) is 5.38 Å². The fourth-order valence-corrected chi connectivity index (χ4v) is 9.07. The summed E-state index contributed by atoms with van der Waals surface area (Å²) in [5, 5.41) is 2.10. The number of nitrogens with zero attached hydrogens (tertiary/aromatic N) is 1. The zero-order valence-electron chi connectivity index (χ0n) is 26.3. The number of carbonyl (C=O) groups excluding carboxylic acids is 3. The maximum Gasteiger partial charge on any atom is 0.242 e. The number of ether oxygens (including phenoxy) is 1. The Balaban J connectivity index is 0.000000242. The summed E-state index contributed by atoms with van der Waals surface area (Å²) >= 11 is 15.1. The molecule has 0 saturated heterocycles. The summed E-state index contributed by atoms with van der Waals surface area (Å²) in [5.41, 5.74) is 2.46. The molecule has 2 aliphatic carbocycles. The number of allylic oxidation sites excluding steroid dienone is 2. The van der Waals surface area contributed by atoms with Gasteiger partial charge in [-0.15, -0.1) is 22.9 Å². The van der Waals surface area contributed by atoms with Crippen molar-refractivity contribution in [1.82, 2.24) is 0 Å². The number of Topliss-reactive ketones (excluding diaryl/α,β-unsaturated/α-hetero) is 2. The predicted octanol–water partition coefficient (Wildman–Crippen LogP) is 7.94. The highest BCUT2D eigenvalue weighted by Crippen LogP contribution is 2.50. The van der Waals surface area contributed by atoms with Gasteiger partial charge < -0.3 is 9.64 Å². The normalized spacial score (nSPS) is 18.2. The van der Waals surface area contributed by atoms with Gasteiger partial charge in [0.2, 0.25) is 5.91 Å². The first-order valence-corrected chi connectivity index (χ1v) is 19.3. The van der Waals surface area contributed by atoms with E-state index in [0.29, 0.717) is 6.61 Å². The number of rotatable bonds is 10. The molecule has 1 heterocycles. The number of hydrogen-bond donors (Lipinski definition) is 0. The average molecular weight is 723 g/mol. The number of carbonyl (C=O) groups is 3. The van der Waals surface area contributed by atoms with Gasteiger partial charge in [-0.05, 0) is 87.2 Å². The van der Waals surface area contributed by atoms with Gasteiger partial charge in [-0.1, -0.05) is 41.6 Å². The van der Waals surface area contributed by atoms with Gasteiger partial charge >= 0.3 is 0 Å². The highest BCUT2D eigenvalue weighted by Gasteiger charge is 2.43. The second-order valence-electron chi connectivity index (χ2n) is 11.5. The predicted molar refractivity (Wildman–Crippen MR) is 187 cm³/mol. The van der Waals surface area contributed by atoms with Crippen LogP contribution in [-0.4, -0.2) is 57.8 Å². The van der Waals surface area contributed by atoms with Crippen LogP contribution >= 0.6 is 46.3 Å². The SMILES string of the molecule is COCC(C)N(C(=O)CCl)c1c(C)csc1C.CS(=O)(=O)c1ccc(C(=O)C2=C(Sc3ccccc3)C3CCC(C3)C2=O)c(Cl)c1. The smallest absolute Gasteiger partial charge is 0.242 e. The molecule has 0 N–H and O–H groups in total. The number of aryl methyl sites for hydroxylation is 2. The van der Waals surface area contributed by atoms with E-state index in [1.54, 1.807) is 23.3 Å². The van der Waals surface area contributed by atoms with Crippen molar-refractivity contribution in [2.75, 3.05) is 30.8 Å². The van der Waals surface area contributed by atoms with E-state index >= 15 is 0 Å². The Kier molecular flexibility index (Phi) is 12.3. The molecule has 0 radical (unpaired) electrons. The molecule has 46 heavy (non-hydrogen) atoms. The first-order chi connectivity index (χ1) is 21.8. The average Bonchev–Trinajstić information content (AvgIpc) is 3.61. The summed E-state index contributed by atoms with van der Waals surface area (Å²) < 4.78 is 28.6. The number of sulfone groups is 1. The molecule has 2 bridgehead atoms. The minimum atomic E-state index is -3.44. The summed E-state index contributed by atoms with van der Waals surface area (Å²) in [7, 11) is -1.81. The molecule has 12 heteroatoms. The van der Waals surface area contributed by atoms with Crippen LogP contribution in [0.1, 0.15) is 47.0 Å². The molecular weight excluding hydrogens is 685 g/mol. The van der Waals surface area contributed by atoms with Gasteiger partial charge in [-0.3, -0.25) is 14.4 Å². The molecule has 1 saturated carbocycles. The van der Waals surface area contributed by atoms with E-state index in [0.717, 1.165) is 51.4 Å². The monoisotopic (exact) mass is 721 g/mol. The molecule has 3 atom stereocenters. The number of fused-ring (bicyclic) bond motifs is 2. The van der Waals surface area contributed by atoms with Gasteiger partial charge in [0.05, 0.1) is 33.8 Å². The summed E-state index contributed by atoms with van der Waals surface area (Å²) in [6, 6.07) is 13.7. The van der Waals surface area contributed by atoms with E-state index in [-0.39, 0.29) is 56.5 Å². The zero-order valence-corrected chi connectivity index (χ0v) is 30.3. The number of thioether (sulfide) groups is 1. The van der Waals surface area contributed by atoms with Crippen LogP contribution < -0.4 is 4.90 Å². The maximum absolute atomic E-state index is 13.4. The van der Waals surface area contributed by atoms with Crippen LogP contribution in [0.3, 0.4) is 0 Å². The molecule has 246 valence electrons. The fraction of sp³-hybridized carbons (Fsp3) is 0.382. The van der Waals surface area contributed by atoms with Gasteiger partial charge in [0.1, 0.15) is 5.88 Å². The Morgan fingerprint density at radius 2 is 1.78 bits per heavy atom. The van der Waals surface area contributed by atoms with E-state index in [1.807, 2.05) is 51.1 Å². The highest BCUT2D eigenvalue weighted by atomic mass is 35.5. The number of methoxy groups -OCH3 is 1. The molecule has 2 aliphatic rings. The fourth-order valence-electron chi connectivity index (χ4n) is 5.90. The van der Waals surface area contributed by atoms with Gasteiger partial charge in [0.15, 0.2) is 21.4 Å². The Hall–Kier alpha value is -2.47. The third-order valence-electron chi connectivity index (χ3n) is 8.07. The van der Waals surface area contributed by atoms with Crippen molar-refractivity contribution in [1.29, 1.82) is 0 Å². The Labute approximate surface area is 289 Å². The van der Waals surface area contributed by atoms with Crippen molar-refractivity contribution < 1.29 is 27.5 Å². The van der Waals surface area contributed by atoms with Crippen molar-refractivity contribution in [2.45, 2.75) is 55.9 Å². The molecule has 1 amide bonds. The molecule has 1 aromatic heterocycles. The first kappa shape index (κ1) is 36.4. The Morgan fingerprint density at radius 3 is 2.35 bits per heavy atom. The first-order valence-electron chi connectivity index (χ1n) is 14.8. The summed E-state index contributed by atoms with van der Waals surface area (Å²) in [6.45, 7) is 6.48. The quantitative estimate of drug-likeness (QED) is 0.119. The molecule has 2 aromatic carbocycles. The molecule has 7 nitrogen and oxygen atoms in total. The molecule has 3 aromatic rings. The van der Waals surface area contributed by atoms with E-state index in [4.69, 9.17) is 27.9 Å². The molecule has 3 unspecified atom stereocenters. The van der Waals surface area contributed by atoms with Crippen LogP contribution in [0.4, 0.5) is 5.69 Å². The number of amides is 1. The van der Waals surface area contributed by atoms with E-state index in [9.17, 15) is 22.8 Å². The lowest BCUT2D eigenvalue weighted by molar-refractivity contribution is -0.119. The summed E-state index contributed by atoms with van der Waals surface area (Å²) in [5.74, 6) is -0.562. The van der Waals surface area contributed by atoms with Crippen molar-refractivity contribution in [3.8, 4) is 0 Å². The third-order valence-corrected chi connectivity index (χ3v) is 12.0. The van der Waals surface area contributed by atoms with Gasteiger partial charge in [0, 0.05) is 39.5 Å². The topological polar surface area (TPSA) is 97.8 Å².